The van der Waals surface area contributed by atoms with Gasteiger partial charge in [-0.1, -0.05) is 5.16 Å². The maximum atomic E-state index is 11.6. The third-order valence-electron chi connectivity index (χ3n) is 2.64. The van der Waals surface area contributed by atoms with Gasteiger partial charge in [0.1, 0.15) is 0 Å². The molecule has 2 N–H and O–H groups in total. The summed E-state index contributed by atoms with van der Waals surface area (Å²) in [4.78, 5) is 26.1. The first-order valence-corrected chi connectivity index (χ1v) is 6.11. The molecule has 2 aromatic rings. The number of aromatic carboxylic acids is 1. The zero-order chi connectivity index (χ0) is 14.4. The minimum atomic E-state index is -1.25. The standard InChI is InChI=1S/C12H14N4O4/c17-11(9-7-10(12(18)19)20-15-9)14-3-1-2-5-16-6-4-13-8-16/h4,6-8H,1-3,5H2,(H,14,17)(H,18,19). The molecule has 106 valence electrons. The molecule has 8 heteroatoms. The Morgan fingerprint density at radius 3 is 2.90 bits per heavy atom. The number of hydrogen-bond donors (Lipinski definition) is 2. The number of carbonyl (C=O) groups excluding carboxylic acids is 1. The van der Waals surface area contributed by atoms with E-state index < -0.39 is 11.9 Å². The second-order valence-electron chi connectivity index (χ2n) is 4.15. The van der Waals surface area contributed by atoms with Gasteiger partial charge in [0.15, 0.2) is 5.69 Å². The van der Waals surface area contributed by atoms with Gasteiger partial charge in [0, 0.05) is 31.5 Å². The molecule has 0 saturated heterocycles. The lowest BCUT2D eigenvalue weighted by Gasteiger charge is -2.03. The number of aromatic nitrogens is 3. The highest BCUT2D eigenvalue weighted by Crippen LogP contribution is 2.03. The van der Waals surface area contributed by atoms with Gasteiger partial charge in [0.25, 0.3) is 5.91 Å². The average Bonchev–Trinajstić information content (AvgIpc) is 3.09. The van der Waals surface area contributed by atoms with E-state index in [1.165, 1.54) is 0 Å². The summed E-state index contributed by atoms with van der Waals surface area (Å²) >= 11 is 0. The number of aryl methyl sites for hydroxylation is 1. The molecule has 1 amide bonds. The van der Waals surface area contributed by atoms with Crippen LogP contribution in [0.2, 0.25) is 0 Å². The lowest BCUT2D eigenvalue weighted by Crippen LogP contribution is -2.24. The summed E-state index contributed by atoms with van der Waals surface area (Å²) in [6.07, 6.45) is 7.03. The molecule has 2 rings (SSSR count). The Morgan fingerprint density at radius 2 is 2.25 bits per heavy atom. The minimum Gasteiger partial charge on any atom is -0.475 e. The predicted molar refractivity (Wildman–Crippen MR) is 67.3 cm³/mol. The molecule has 0 spiro atoms. The lowest BCUT2D eigenvalue weighted by molar-refractivity contribution is 0.0651. The normalized spacial score (nSPS) is 10.4. The SMILES string of the molecule is O=C(NCCCCn1ccnc1)c1cc(C(=O)O)on1. The van der Waals surface area contributed by atoms with Crippen molar-refractivity contribution in [1.82, 2.24) is 20.0 Å². The summed E-state index contributed by atoms with van der Waals surface area (Å²) in [6, 6.07) is 1.10. The van der Waals surface area contributed by atoms with Gasteiger partial charge in [0.05, 0.1) is 6.33 Å². The first-order chi connectivity index (χ1) is 9.66. The van der Waals surface area contributed by atoms with Crippen LogP contribution in [-0.2, 0) is 6.54 Å². The fourth-order valence-corrected chi connectivity index (χ4v) is 1.61. The van der Waals surface area contributed by atoms with Crippen LogP contribution in [0.4, 0.5) is 0 Å². The molecular formula is C12H14N4O4. The van der Waals surface area contributed by atoms with Crippen molar-refractivity contribution in [3.05, 3.63) is 36.2 Å². The summed E-state index contributed by atoms with van der Waals surface area (Å²) in [7, 11) is 0. The van der Waals surface area contributed by atoms with E-state index in [0.717, 1.165) is 25.5 Å². The number of imidazole rings is 1. The number of rotatable bonds is 7. The molecule has 0 aliphatic carbocycles. The fraction of sp³-hybridized carbons (Fsp3) is 0.333. The molecule has 2 heterocycles. The average molecular weight is 278 g/mol. The Kier molecular flexibility index (Phi) is 4.48. The van der Waals surface area contributed by atoms with Crippen LogP contribution in [0.15, 0.2) is 29.3 Å². The molecule has 20 heavy (non-hydrogen) atoms. The first kappa shape index (κ1) is 13.8. The summed E-state index contributed by atoms with van der Waals surface area (Å²) in [5.41, 5.74) is -0.0305. The van der Waals surface area contributed by atoms with Crippen LogP contribution in [0.25, 0.3) is 0 Å². The fourth-order valence-electron chi connectivity index (χ4n) is 1.61. The van der Waals surface area contributed by atoms with Gasteiger partial charge in [-0.15, -0.1) is 0 Å². The van der Waals surface area contributed by atoms with Gasteiger partial charge in [-0.2, -0.15) is 0 Å². The van der Waals surface area contributed by atoms with Gasteiger partial charge < -0.3 is 19.5 Å². The van der Waals surface area contributed by atoms with Crippen molar-refractivity contribution in [2.75, 3.05) is 6.54 Å². The van der Waals surface area contributed by atoms with E-state index in [1.807, 2.05) is 10.8 Å². The van der Waals surface area contributed by atoms with Crippen molar-refractivity contribution in [3.8, 4) is 0 Å². The molecule has 0 unspecified atom stereocenters. The van der Waals surface area contributed by atoms with E-state index in [4.69, 9.17) is 5.11 Å². The smallest absolute Gasteiger partial charge is 0.374 e. The molecule has 0 radical (unpaired) electrons. The van der Waals surface area contributed by atoms with Crippen LogP contribution in [0.5, 0.6) is 0 Å². The van der Waals surface area contributed by atoms with Crippen molar-refractivity contribution < 1.29 is 19.2 Å². The quantitative estimate of drug-likeness (QED) is 0.724. The number of carboxylic acids is 1. The van der Waals surface area contributed by atoms with Crippen LogP contribution < -0.4 is 5.32 Å². The van der Waals surface area contributed by atoms with Gasteiger partial charge in [-0.3, -0.25) is 4.79 Å². The Balaban J connectivity index is 1.68. The first-order valence-electron chi connectivity index (χ1n) is 6.11. The topological polar surface area (TPSA) is 110 Å². The summed E-state index contributed by atoms with van der Waals surface area (Å²) in [5, 5.41) is 14.7. The maximum absolute atomic E-state index is 11.6. The van der Waals surface area contributed by atoms with Gasteiger partial charge in [-0.25, -0.2) is 9.78 Å². The van der Waals surface area contributed by atoms with Crippen molar-refractivity contribution in [2.45, 2.75) is 19.4 Å². The van der Waals surface area contributed by atoms with Crippen LogP contribution in [0, 0.1) is 0 Å². The Hall–Kier alpha value is -2.64. The van der Waals surface area contributed by atoms with Crippen molar-refractivity contribution >= 4 is 11.9 Å². The van der Waals surface area contributed by atoms with Crippen molar-refractivity contribution in [3.63, 3.8) is 0 Å². The summed E-state index contributed by atoms with van der Waals surface area (Å²) < 4.78 is 6.46. The van der Waals surface area contributed by atoms with Crippen molar-refractivity contribution in [1.29, 1.82) is 0 Å². The lowest BCUT2D eigenvalue weighted by atomic mass is 10.3. The molecule has 8 nitrogen and oxygen atoms in total. The van der Waals surface area contributed by atoms with E-state index in [9.17, 15) is 9.59 Å². The predicted octanol–water partition coefficient (Wildman–Crippen LogP) is 0.779. The van der Waals surface area contributed by atoms with Crippen LogP contribution in [0.1, 0.15) is 33.9 Å². The Morgan fingerprint density at radius 1 is 1.40 bits per heavy atom. The Labute approximate surface area is 114 Å². The molecule has 0 bridgehead atoms. The third kappa shape index (κ3) is 3.67. The highest BCUT2D eigenvalue weighted by molar-refractivity contribution is 5.94. The summed E-state index contributed by atoms with van der Waals surface area (Å²) in [6.45, 7) is 1.33. The zero-order valence-electron chi connectivity index (χ0n) is 10.7. The summed E-state index contributed by atoms with van der Waals surface area (Å²) in [5.74, 6) is -2.05. The third-order valence-corrected chi connectivity index (χ3v) is 2.64. The largest absolute Gasteiger partial charge is 0.475 e. The molecule has 2 aromatic heterocycles. The molecular weight excluding hydrogens is 264 g/mol. The van der Waals surface area contributed by atoms with E-state index in [1.54, 1.807) is 12.5 Å². The highest BCUT2D eigenvalue weighted by atomic mass is 16.5. The molecule has 0 fully saturated rings. The second-order valence-corrected chi connectivity index (χ2v) is 4.15. The number of carboxylic acid groups (broad SMARTS) is 1. The van der Waals surface area contributed by atoms with E-state index in [0.29, 0.717) is 6.54 Å². The molecule has 0 atom stereocenters. The van der Waals surface area contributed by atoms with Crippen LogP contribution in [0.3, 0.4) is 0 Å². The zero-order valence-corrected chi connectivity index (χ0v) is 10.7. The van der Waals surface area contributed by atoms with Gasteiger partial charge in [0.2, 0.25) is 5.76 Å². The van der Waals surface area contributed by atoms with Crippen LogP contribution in [-0.4, -0.2) is 38.2 Å². The monoisotopic (exact) mass is 278 g/mol. The van der Waals surface area contributed by atoms with E-state index >= 15 is 0 Å². The minimum absolute atomic E-state index is 0.0305. The number of nitrogens with one attached hydrogen (secondary N) is 1. The van der Waals surface area contributed by atoms with Crippen molar-refractivity contribution in [2.24, 2.45) is 0 Å². The molecule has 0 saturated carbocycles. The maximum Gasteiger partial charge on any atom is 0.374 e. The molecule has 0 aromatic carbocycles. The Bertz CT molecular complexity index is 576. The van der Waals surface area contributed by atoms with E-state index in [2.05, 4.69) is 20.0 Å². The molecule has 0 aliphatic heterocycles. The second kappa shape index (κ2) is 6.50. The molecule has 0 aliphatic rings. The number of carbonyl (C=O) groups is 2. The number of hydrogen-bond acceptors (Lipinski definition) is 5. The van der Waals surface area contributed by atoms with Crippen LogP contribution >= 0.6 is 0 Å². The number of unbranched alkanes of at least 4 members (excludes halogenated alkanes) is 1. The van der Waals surface area contributed by atoms with Gasteiger partial charge >= 0.3 is 5.97 Å². The number of amides is 1. The van der Waals surface area contributed by atoms with E-state index in [-0.39, 0.29) is 11.5 Å². The number of nitrogens with zero attached hydrogens (tertiary/aromatic N) is 3. The highest BCUT2D eigenvalue weighted by Gasteiger charge is 2.15. The van der Waals surface area contributed by atoms with Gasteiger partial charge in [-0.05, 0) is 12.8 Å².